The van der Waals surface area contributed by atoms with E-state index in [2.05, 4.69) is 327 Å². The van der Waals surface area contributed by atoms with Crippen LogP contribution in [0.3, 0.4) is 0 Å². The summed E-state index contributed by atoms with van der Waals surface area (Å²) in [5.41, 5.74) is 33.1. The second-order valence-electron chi connectivity index (χ2n) is 20.8. The van der Waals surface area contributed by atoms with Crippen molar-refractivity contribution in [2.45, 2.75) is 5.54 Å². The number of nitrogens with two attached hydrogens (primary N) is 2. The Kier molecular flexibility index (Phi) is 16.1. The maximum Gasteiger partial charge on any atom is 0.114 e. The fraction of sp³-hybridized carbons (Fsp3) is 0.0123. The lowest BCUT2D eigenvalue weighted by atomic mass is 9.77. The molecule has 0 radical (unpaired) electrons. The molecule has 402 valence electrons. The first-order valence-electron chi connectivity index (χ1n) is 28.6. The van der Waals surface area contributed by atoms with Crippen LogP contribution in [0.5, 0.6) is 0 Å². The Bertz CT molecular complexity index is 4110. The second kappa shape index (κ2) is 25.2. The fourth-order valence-electron chi connectivity index (χ4n) is 11.7. The molecular weight excluding hydrogens is 1010 g/mol. The molecule has 0 aliphatic carbocycles. The number of hydrogen-bond donors (Lipinski definition) is 3. The number of hydrogen-bond acceptors (Lipinski definition) is 3. The molecule has 0 aliphatic rings. The van der Waals surface area contributed by atoms with Crippen molar-refractivity contribution in [3.05, 3.63) is 369 Å². The first kappa shape index (κ1) is 53.6. The summed E-state index contributed by atoms with van der Waals surface area (Å²) in [6, 6.07) is 123. The average molecular weight is 1080 g/mol. The summed E-state index contributed by atoms with van der Waals surface area (Å²) in [6.07, 6.45) is 0. The molecule has 0 saturated carbocycles. The first-order chi connectivity index (χ1) is 41.5. The summed E-state index contributed by atoms with van der Waals surface area (Å²) in [5.74, 6) is 0. The van der Waals surface area contributed by atoms with Crippen LogP contribution in [0.25, 0.3) is 88.3 Å². The maximum atomic E-state index is 6.83. The molecule has 3 nitrogen and oxygen atoms in total. The van der Waals surface area contributed by atoms with Crippen molar-refractivity contribution in [2.24, 2.45) is 0 Å². The van der Waals surface area contributed by atoms with Crippen LogP contribution in [0.2, 0.25) is 0 Å². The zero-order valence-corrected chi connectivity index (χ0v) is 46.6. The zero-order chi connectivity index (χ0) is 56.9. The molecule has 14 rings (SSSR count). The monoisotopic (exact) mass is 1080 g/mol. The highest BCUT2D eigenvalue weighted by atomic mass is 15.0. The second-order valence-corrected chi connectivity index (χ2v) is 20.8. The highest BCUT2D eigenvalue weighted by Crippen LogP contribution is 2.46. The van der Waals surface area contributed by atoms with Gasteiger partial charge >= 0.3 is 0 Å². The summed E-state index contributed by atoms with van der Waals surface area (Å²) in [7, 11) is 0. The van der Waals surface area contributed by atoms with Gasteiger partial charge in [0.15, 0.2) is 0 Å². The van der Waals surface area contributed by atoms with Gasteiger partial charge in [-0.2, -0.15) is 0 Å². The molecule has 14 aromatic carbocycles. The van der Waals surface area contributed by atoms with E-state index in [9.17, 15) is 0 Å². The molecule has 0 aromatic heterocycles. The number of fused-ring (bicyclic) bond motifs is 2. The van der Waals surface area contributed by atoms with Gasteiger partial charge in [0.25, 0.3) is 0 Å². The number of nitrogen functional groups attached to an aromatic ring is 2. The van der Waals surface area contributed by atoms with Crippen LogP contribution < -0.4 is 16.8 Å². The summed E-state index contributed by atoms with van der Waals surface area (Å²) in [4.78, 5) is 0. The largest absolute Gasteiger partial charge is 0.398 e. The Morgan fingerprint density at radius 3 is 0.845 bits per heavy atom. The van der Waals surface area contributed by atoms with Gasteiger partial charge in [0.2, 0.25) is 0 Å². The highest BCUT2D eigenvalue weighted by molar-refractivity contribution is 6.06. The van der Waals surface area contributed by atoms with Crippen LogP contribution in [0.4, 0.5) is 17.1 Å². The fourth-order valence-corrected chi connectivity index (χ4v) is 11.7. The van der Waals surface area contributed by atoms with Crippen molar-refractivity contribution < 1.29 is 0 Å². The van der Waals surface area contributed by atoms with E-state index in [4.69, 9.17) is 11.5 Å². The van der Waals surface area contributed by atoms with Crippen molar-refractivity contribution in [3.63, 3.8) is 0 Å². The van der Waals surface area contributed by atoms with Crippen molar-refractivity contribution in [1.82, 2.24) is 0 Å². The Hall–Kier alpha value is -11.0. The van der Waals surface area contributed by atoms with Crippen LogP contribution in [0.15, 0.2) is 352 Å². The van der Waals surface area contributed by atoms with Crippen LogP contribution in [-0.4, -0.2) is 0 Å². The Morgan fingerprint density at radius 2 is 0.488 bits per heavy atom. The number of para-hydroxylation sites is 1. The van der Waals surface area contributed by atoms with Gasteiger partial charge in [0, 0.05) is 39.3 Å². The third-order valence-electron chi connectivity index (χ3n) is 15.7. The number of anilines is 3. The summed E-state index contributed by atoms with van der Waals surface area (Å²) < 4.78 is 0. The lowest BCUT2D eigenvalue weighted by Crippen LogP contribution is -2.38. The van der Waals surface area contributed by atoms with Crippen LogP contribution >= 0.6 is 0 Å². The Morgan fingerprint density at radius 1 is 0.214 bits per heavy atom. The van der Waals surface area contributed by atoms with Crippen molar-refractivity contribution in [1.29, 1.82) is 0 Å². The number of rotatable bonds is 11. The lowest BCUT2D eigenvalue weighted by Gasteiger charge is -2.38. The van der Waals surface area contributed by atoms with Crippen molar-refractivity contribution >= 4 is 38.6 Å². The molecule has 0 aliphatic heterocycles. The summed E-state index contributed by atoms with van der Waals surface area (Å²) >= 11 is 0. The van der Waals surface area contributed by atoms with E-state index < -0.39 is 5.54 Å². The normalized spacial score (nSPS) is 11.0. The maximum absolute atomic E-state index is 6.83. The molecule has 0 amide bonds. The zero-order valence-electron chi connectivity index (χ0n) is 46.6. The minimum Gasteiger partial charge on any atom is -0.398 e. The average Bonchev–Trinajstić information content (AvgIpc) is 2.88. The molecule has 0 heterocycles. The molecule has 0 spiro atoms. The molecular formula is C81H63N3. The van der Waals surface area contributed by atoms with Gasteiger partial charge in [-0.1, -0.05) is 340 Å². The lowest BCUT2D eigenvalue weighted by molar-refractivity contribution is 0.712. The van der Waals surface area contributed by atoms with Crippen molar-refractivity contribution in [2.75, 3.05) is 16.8 Å². The third kappa shape index (κ3) is 11.2. The smallest absolute Gasteiger partial charge is 0.114 e. The van der Waals surface area contributed by atoms with Gasteiger partial charge < -0.3 is 16.8 Å². The van der Waals surface area contributed by atoms with Gasteiger partial charge in [-0.05, 0) is 94.9 Å². The van der Waals surface area contributed by atoms with Crippen molar-refractivity contribution in [3.8, 4) is 66.8 Å². The Labute approximate surface area is 493 Å². The van der Waals surface area contributed by atoms with Gasteiger partial charge in [-0.15, -0.1) is 0 Å². The van der Waals surface area contributed by atoms with Gasteiger partial charge in [0.05, 0.1) is 0 Å². The van der Waals surface area contributed by atoms with E-state index in [-0.39, 0.29) is 0 Å². The summed E-state index contributed by atoms with van der Waals surface area (Å²) in [6.45, 7) is 0. The minimum atomic E-state index is -0.467. The third-order valence-corrected chi connectivity index (χ3v) is 15.7. The van der Waals surface area contributed by atoms with E-state index in [1.54, 1.807) is 0 Å². The van der Waals surface area contributed by atoms with Crippen LogP contribution in [-0.2, 0) is 5.54 Å². The highest BCUT2D eigenvalue weighted by Gasteiger charge is 2.36. The molecule has 0 atom stereocenters. The molecule has 14 aromatic rings. The summed E-state index contributed by atoms with van der Waals surface area (Å²) in [5, 5.41) is 8.77. The quantitative estimate of drug-likeness (QED) is 0.0893. The van der Waals surface area contributed by atoms with E-state index in [0.717, 1.165) is 72.7 Å². The van der Waals surface area contributed by atoms with E-state index in [0.29, 0.717) is 0 Å². The molecule has 3 heteroatoms. The predicted molar refractivity (Wildman–Crippen MR) is 359 cm³/mol. The first-order valence-corrected chi connectivity index (χ1v) is 28.6. The predicted octanol–water partition coefficient (Wildman–Crippen LogP) is 20.9. The van der Waals surface area contributed by atoms with E-state index in [1.165, 1.54) is 49.4 Å². The van der Waals surface area contributed by atoms with E-state index >= 15 is 0 Å². The topological polar surface area (TPSA) is 64.1 Å². The minimum absolute atomic E-state index is 0.467. The van der Waals surface area contributed by atoms with Gasteiger partial charge in [-0.25, -0.2) is 0 Å². The van der Waals surface area contributed by atoms with Gasteiger partial charge in [0.1, 0.15) is 5.54 Å². The number of nitrogens with one attached hydrogen (secondary N) is 1. The molecule has 0 fully saturated rings. The van der Waals surface area contributed by atoms with Crippen LogP contribution in [0, 0.1) is 0 Å². The van der Waals surface area contributed by atoms with E-state index in [1.807, 2.05) is 30.3 Å². The SMILES string of the molecule is Nc1c(-c2ccccc2)ccc(-c2cccc3ccccc23)c1-c1ccccc1.Nc1c(-c2ccccc2)ccc(-c2cccc3ccccc23)c1-c1ccccc1.c1ccc(NC(c2ccccc2)(c2ccccc2)c2ccccc2)cc1. The Balaban J connectivity index is 0.000000124. The standard InChI is InChI=1S/2C28H21N.C25H21N/c2*29-28-24(21-10-3-1-4-11-21)18-19-26(27(28)22-13-5-2-6-14-22)25-17-9-15-20-12-7-8-16-23(20)25;1-5-13-21(14-6-1)25(22-15-7-2-8-16-22,23-17-9-3-10-18-23)26-24-19-11-4-12-20-24/h2*1-19H,29H2;1-20,26H. The molecule has 84 heavy (non-hydrogen) atoms. The van der Waals surface area contributed by atoms with Gasteiger partial charge in [-0.3, -0.25) is 0 Å². The molecule has 0 saturated heterocycles. The number of benzene rings is 14. The molecule has 5 N–H and O–H groups in total. The molecule has 0 unspecified atom stereocenters. The molecule has 0 bridgehead atoms. The van der Waals surface area contributed by atoms with Crippen LogP contribution in [0.1, 0.15) is 16.7 Å².